The molecule has 2 aliphatic rings. The fraction of sp³-hybridized carbons (Fsp3) is 0.318. The van der Waals surface area contributed by atoms with E-state index in [9.17, 15) is 10.0 Å². The van der Waals surface area contributed by atoms with Gasteiger partial charge in [0.05, 0.1) is 21.3 Å². The first-order valence-corrected chi connectivity index (χ1v) is 9.57. The Morgan fingerprint density at radius 3 is 2.58 bits per heavy atom. The summed E-state index contributed by atoms with van der Waals surface area (Å²) in [5.74, 6) is 2.06. The van der Waals surface area contributed by atoms with Gasteiger partial charge in [-0.1, -0.05) is 0 Å². The molecule has 0 saturated carbocycles. The Balaban J connectivity index is 1.87. The third-order valence-corrected chi connectivity index (χ3v) is 5.15. The van der Waals surface area contributed by atoms with Crippen LogP contribution in [0.15, 0.2) is 18.2 Å². The molecule has 0 amide bonds. The highest BCUT2D eigenvalue weighted by atomic mass is 16.7. The van der Waals surface area contributed by atoms with Crippen LogP contribution in [-0.2, 0) is 11.2 Å². The Morgan fingerprint density at radius 1 is 1.13 bits per heavy atom. The number of fused-ring (bicyclic) bond motifs is 2. The van der Waals surface area contributed by atoms with Gasteiger partial charge in [0.15, 0.2) is 23.0 Å². The third kappa shape index (κ3) is 3.62. The molecule has 0 radical (unpaired) electrons. The third-order valence-electron chi connectivity index (χ3n) is 5.15. The molecule has 4 rings (SSSR count). The molecule has 2 aromatic carbocycles. The van der Waals surface area contributed by atoms with Crippen molar-refractivity contribution in [3.63, 3.8) is 0 Å². The van der Waals surface area contributed by atoms with Crippen LogP contribution in [0.2, 0.25) is 0 Å². The first kappa shape index (κ1) is 20.8. The smallest absolute Gasteiger partial charge is 0.348 e. The summed E-state index contributed by atoms with van der Waals surface area (Å²) >= 11 is 0. The summed E-state index contributed by atoms with van der Waals surface area (Å²) in [7, 11) is 6.07. The minimum absolute atomic E-state index is 0.0832. The van der Waals surface area contributed by atoms with Gasteiger partial charge in [0.2, 0.25) is 12.5 Å². The molecule has 0 spiro atoms. The molecule has 164 valence electrons. The van der Waals surface area contributed by atoms with E-state index in [-0.39, 0.29) is 6.79 Å². The molecule has 9 nitrogen and oxygen atoms in total. The van der Waals surface area contributed by atoms with Crippen molar-refractivity contribution in [2.75, 3.05) is 41.7 Å². The highest BCUT2D eigenvalue weighted by Crippen LogP contribution is 2.48. The lowest BCUT2D eigenvalue weighted by Crippen LogP contribution is -2.16. The number of cyclic esters (lactones) is 1. The molecule has 0 fully saturated rings. The average Bonchev–Trinajstić information content (AvgIpc) is 3.35. The molecule has 9 heteroatoms. The second-order valence-corrected chi connectivity index (χ2v) is 6.97. The van der Waals surface area contributed by atoms with E-state index in [0.717, 1.165) is 10.6 Å². The van der Waals surface area contributed by atoms with Gasteiger partial charge in [-0.2, -0.15) is 5.06 Å². The van der Waals surface area contributed by atoms with Crippen LogP contribution < -0.4 is 23.7 Å². The molecule has 1 N–H and O–H groups in total. The molecule has 0 bridgehead atoms. The SMILES string of the molecule is COc1ccc2c(c1OC)C(=O)O/C2=C\c1c(CCN(C)O)cc2c(c1OC)OCO2. The minimum atomic E-state index is -0.534. The fourth-order valence-corrected chi connectivity index (χ4v) is 3.71. The van der Waals surface area contributed by atoms with Gasteiger partial charge in [-0.25, -0.2) is 4.79 Å². The average molecular weight is 429 g/mol. The zero-order chi connectivity index (χ0) is 22.1. The van der Waals surface area contributed by atoms with Gasteiger partial charge < -0.3 is 33.6 Å². The van der Waals surface area contributed by atoms with E-state index in [4.69, 9.17) is 28.4 Å². The zero-order valence-electron chi connectivity index (χ0n) is 17.7. The standard InChI is InChI=1S/C22H23NO8/c1-23(25)8-7-12-9-17-21(30-11-29-17)19(27-3)14(12)10-16-13-5-6-15(26-2)20(28-4)18(13)22(24)31-16/h5-6,9-10,25H,7-8,11H2,1-4H3/b16-10-. The maximum absolute atomic E-state index is 12.6. The number of hydrogen-bond acceptors (Lipinski definition) is 9. The summed E-state index contributed by atoms with van der Waals surface area (Å²) in [6.45, 7) is 0.459. The normalized spacial score (nSPS) is 15.3. The molecule has 0 unspecified atom stereocenters. The van der Waals surface area contributed by atoms with Gasteiger partial charge in [-0.3, -0.25) is 0 Å². The van der Waals surface area contributed by atoms with Gasteiger partial charge >= 0.3 is 5.97 Å². The van der Waals surface area contributed by atoms with E-state index < -0.39 is 5.97 Å². The number of esters is 1. The van der Waals surface area contributed by atoms with E-state index in [2.05, 4.69) is 0 Å². The Bertz CT molecular complexity index is 1060. The summed E-state index contributed by atoms with van der Waals surface area (Å²) in [6, 6.07) is 5.30. The van der Waals surface area contributed by atoms with Crippen molar-refractivity contribution in [1.82, 2.24) is 5.06 Å². The zero-order valence-corrected chi connectivity index (χ0v) is 17.7. The number of carbonyl (C=O) groups excluding carboxylic acids is 1. The van der Waals surface area contributed by atoms with E-state index in [1.807, 2.05) is 6.07 Å². The maximum Gasteiger partial charge on any atom is 0.348 e. The fourth-order valence-electron chi connectivity index (χ4n) is 3.71. The second kappa shape index (κ2) is 8.37. The monoisotopic (exact) mass is 429 g/mol. The lowest BCUT2D eigenvalue weighted by Gasteiger charge is -2.16. The molecule has 0 saturated heterocycles. The van der Waals surface area contributed by atoms with E-state index in [1.165, 1.54) is 21.3 Å². The van der Waals surface area contributed by atoms with Gasteiger partial charge in [-0.15, -0.1) is 0 Å². The lowest BCUT2D eigenvalue weighted by molar-refractivity contribution is -0.0634. The second-order valence-electron chi connectivity index (χ2n) is 6.97. The number of carbonyl (C=O) groups is 1. The van der Waals surface area contributed by atoms with Crippen molar-refractivity contribution >= 4 is 17.8 Å². The molecule has 2 aromatic rings. The number of methoxy groups -OCH3 is 3. The highest BCUT2D eigenvalue weighted by molar-refractivity contribution is 6.08. The quantitative estimate of drug-likeness (QED) is 0.526. The molecule has 31 heavy (non-hydrogen) atoms. The minimum Gasteiger partial charge on any atom is -0.493 e. The van der Waals surface area contributed by atoms with Crippen LogP contribution in [0, 0.1) is 0 Å². The molecule has 0 atom stereocenters. The molecular weight excluding hydrogens is 406 g/mol. The van der Waals surface area contributed by atoms with E-state index >= 15 is 0 Å². The number of hydrogen-bond donors (Lipinski definition) is 1. The number of benzene rings is 2. The van der Waals surface area contributed by atoms with Crippen LogP contribution in [0.3, 0.4) is 0 Å². The van der Waals surface area contributed by atoms with E-state index in [0.29, 0.717) is 64.2 Å². The Morgan fingerprint density at radius 2 is 1.90 bits per heavy atom. The molecule has 2 aliphatic heterocycles. The van der Waals surface area contributed by atoms with Crippen LogP contribution >= 0.6 is 0 Å². The van der Waals surface area contributed by atoms with E-state index in [1.54, 1.807) is 25.3 Å². The van der Waals surface area contributed by atoms with Crippen LogP contribution in [0.5, 0.6) is 28.7 Å². The Labute approximate surface area is 179 Å². The van der Waals surface area contributed by atoms with Gasteiger partial charge in [0, 0.05) is 24.7 Å². The predicted octanol–water partition coefficient (Wildman–Crippen LogP) is 2.97. The van der Waals surface area contributed by atoms with Crippen molar-refractivity contribution in [2.24, 2.45) is 0 Å². The number of ether oxygens (including phenoxy) is 6. The number of nitrogens with zero attached hydrogens (tertiary/aromatic N) is 1. The summed E-state index contributed by atoms with van der Waals surface area (Å²) in [5.41, 5.74) is 2.37. The predicted molar refractivity (Wildman–Crippen MR) is 110 cm³/mol. The number of rotatable bonds is 7. The molecular formula is C22H23NO8. The Hall–Kier alpha value is -3.43. The summed E-state index contributed by atoms with van der Waals surface area (Å²) in [4.78, 5) is 12.6. The van der Waals surface area contributed by atoms with Crippen molar-refractivity contribution in [3.8, 4) is 28.7 Å². The summed E-state index contributed by atoms with van der Waals surface area (Å²) in [5, 5.41) is 10.7. The molecule has 0 aliphatic carbocycles. The first-order chi connectivity index (χ1) is 15.0. The first-order valence-electron chi connectivity index (χ1n) is 9.57. The van der Waals surface area contributed by atoms with Crippen molar-refractivity contribution in [1.29, 1.82) is 0 Å². The van der Waals surface area contributed by atoms with Gasteiger partial charge in [-0.05, 0) is 36.3 Å². The summed E-state index contributed by atoms with van der Waals surface area (Å²) < 4.78 is 33.0. The largest absolute Gasteiger partial charge is 0.493 e. The number of likely N-dealkylation sites (N-methyl/N-ethyl adjacent to an activating group) is 1. The van der Waals surface area contributed by atoms with Gasteiger partial charge in [0.25, 0.3) is 0 Å². The van der Waals surface area contributed by atoms with Crippen molar-refractivity contribution in [3.05, 3.63) is 40.5 Å². The lowest BCUT2D eigenvalue weighted by atomic mass is 9.99. The summed E-state index contributed by atoms with van der Waals surface area (Å²) in [6.07, 6.45) is 2.22. The van der Waals surface area contributed by atoms with Crippen molar-refractivity contribution in [2.45, 2.75) is 6.42 Å². The molecule has 2 heterocycles. The van der Waals surface area contributed by atoms with Crippen LogP contribution in [0.1, 0.15) is 27.0 Å². The maximum atomic E-state index is 12.6. The topological polar surface area (TPSA) is 95.9 Å². The Kier molecular flexibility index (Phi) is 5.62. The van der Waals surface area contributed by atoms with Crippen molar-refractivity contribution < 1.29 is 38.4 Å². The number of hydroxylamine groups is 2. The molecule has 0 aromatic heterocycles. The highest BCUT2D eigenvalue weighted by Gasteiger charge is 2.33. The van der Waals surface area contributed by atoms with Gasteiger partial charge in [0.1, 0.15) is 11.3 Å². The van der Waals surface area contributed by atoms with Crippen LogP contribution in [-0.4, -0.2) is 58.0 Å². The van der Waals surface area contributed by atoms with Crippen LogP contribution in [0.25, 0.3) is 11.8 Å². The van der Waals surface area contributed by atoms with Crippen LogP contribution in [0.4, 0.5) is 0 Å².